The summed E-state index contributed by atoms with van der Waals surface area (Å²) in [5.74, 6) is -2.67. The molecular formula is C6H11FO5. The Morgan fingerprint density at radius 3 is 2.50 bits per heavy atom. The number of aliphatic hydroxyl groups excluding tert-OH is 4. The van der Waals surface area contributed by atoms with Crippen molar-refractivity contribution in [2.24, 2.45) is 0 Å². The van der Waals surface area contributed by atoms with Gasteiger partial charge in [0.2, 0.25) is 0 Å². The zero-order valence-electron chi connectivity index (χ0n) is 6.22. The molecule has 1 heterocycles. The van der Waals surface area contributed by atoms with Crippen molar-refractivity contribution in [3.8, 4) is 0 Å². The number of aliphatic hydroxyl groups is 4. The van der Waals surface area contributed by atoms with Crippen molar-refractivity contribution in [1.29, 1.82) is 0 Å². The Bertz CT molecular complexity index is 166. The highest BCUT2D eigenvalue weighted by molar-refractivity contribution is 4.91. The van der Waals surface area contributed by atoms with E-state index in [0.717, 1.165) is 0 Å². The summed E-state index contributed by atoms with van der Waals surface area (Å²) in [5, 5.41) is 35.3. The van der Waals surface area contributed by atoms with Crippen LogP contribution in [0.2, 0.25) is 0 Å². The Morgan fingerprint density at radius 1 is 1.42 bits per heavy atom. The van der Waals surface area contributed by atoms with Crippen LogP contribution in [0.15, 0.2) is 0 Å². The monoisotopic (exact) mass is 182 g/mol. The quantitative estimate of drug-likeness (QED) is 0.368. The molecule has 0 unspecified atom stereocenters. The molecule has 1 aliphatic heterocycles. The van der Waals surface area contributed by atoms with Gasteiger partial charge < -0.3 is 25.2 Å². The molecule has 1 rings (SSSR count). The van der Waals surface area contributed by atoms with E-state index in [9.17, 15) is 4.39 Å². The van der Waals surface area contributed by atoms with E-state index in [0.29, 0.717) is 0 Å². The summed E-state index contributed by atoms with van der Waals surface area (Å²) in [6.07, 6.45) is -4.88. The van der Waals surface area contributed by atoms with Gasteiger partial charge in [-0.1, -0.05) is 0 Å². The van der Waals surface area contributed by atoms with Gasteiger partial charge in [-0.15, -0.1) is 0 Å². The Hall–Kier alpha value is -0.270. The zero-order valence-corrected chi connectivity index (χ0v) is 6.22. The average Bonchev–Trinajstić information content (AvgIpc) is 2.09. The van der Waals surface area contributed by atoms with Crippen LogP contribution in [0.1, 0.15) is 0 Å². The van der Waals surface area contributed by atoms with E-state index < -0.39 is 37.4 Å². The molecule has 1 fully saturated rings. The minimum atomic E-state index is -2.67. The molecule has 0 amide bonds. The molecule has 5 nitrogen and oxygen atoms in total. The van der Waals surface area contributed by atoms with Crippen LogP contribution in [0.5, 0.6) is 0 Å². The molecule has 6 heteroatoms. The van der Waals surface area contributed by atoms with Crippen LogP contribution in [0.3, 0.4) is 0 Å². The predicted molar refractivity (Wildman–Crippen MR) is 34.9 cm³/mol. The maximum Gasteiger partial charge on any atom is 0.261 e. The lowest BCUT2D eigenvalue weighted by atomic mass is 9.99. The molecule has 1 saturated heterocycles. The fraction of sp³-hybridized carbons (Fsp3) is 1.00. The maximum absolute atomic E-state index is 13.1. The second-order valence-corrected chi connectivity index (χ2v) is 2.76. The van der Waals surface area contributed by atoms with Crippen molar-refractivity contribution in [3.05, 3.63) is 0 Å². The molecule has 4 N–H and O–H groups in total. The number of hydrogen-bond donors (Lipinski definition) is 4. The Kier molecular flexibility index (Phi) is 2.64. The van der Waals surface area contributed by atoms with E-state index in [1.54, 1.807) is 0 Å². The van der Waals surface area contributed by atoms with Gasteiger partial charge in [-0.2, -0.15) is 0 Å². The molecule has 72 valence electrons. The lowest BCUT2D eigenvalue weighted by molar-refractivity contribution is -0.298. The molecule has 0 aliphatic carbocycles. The summed E-state index contributed by atoms with van der Waals surface area (Å²) in [6, 6.07) is 0. The first-order valence-electron chi connectivity index (χ1n) is 3.49. The summed E-state index contributed by atoms with van der Waals surface area (Å²) >= 11 is 0. The minimum absolute atomic E-state index is 0.449. The number of halogens is 1. The van der Waals surface area contributed by atoms with Gasteiger partial charge in [0, 0.05) is 0 Å². The number of ether oxygens (including phenoxy) is 1. The normalized spacial score (nSPS) is 49.2. The standard InChI is InChI=1S/C6H11FO5/c7-6(2-8)5(11)4(10)3(9)1-12-6/h3-5,8-11H,1-2H2/t3-,4-,5+,6-/m1/s1. The van der Waals surface area contributed by atoms with Crippen LogP contribution in [0, 0.1) is 0 Å². The van der Waals surface area contributed by atoms with Gasteiger partial charge in [-0.25, -0.2) is 4.39 Å². The molecule has 4 atom stereocenters. The van der Waals surface area contributed by atoms with Gasteiger partial charge in [-0.3, -0.25) is 0 Å². The maximum atomic E-state index is 13.1. The molecule has 0 aromatic carbocycles. The van der Waals surface area contributed by atoms with E-state index in [1.807, 2.05) is 0 Å². The molecule has 0 radical (unpaired) electrons. The largest absolute Gasteiger partial charge is 0.390 e. The fourth-order valence-corrected chi connectivity index (χ4v) is 1.01. The van der Waals surface area contributed by atoms with E-state index in [1.165, 1.54) is 0 Å². The van der Waals surface area contributed by atoms with Crippen LogP contribution in [-0.2, 0) is 4.74 Å². The third-order valence-electron chi connectivity index (χ3n) is 1.87. The number of alkyl halides is 1. The van der Waals surface area contributed by atoms with Gasteiger partial charge in [0.1, 0.15) is 24.9 Å². The van der Waals surface area contributed by atoms with Crippen molar-refractivity contribution < 1.29 is 29.6 Å². The van der Waals surface area contributed by atoms with Gasteiger partial charge in [-0.05, 0) is 0 Å². The second-order valence-electron chi connectivity index (χ2n) is 2.76. The number of hydrogen-bond acceptors (Lipinski definition) is 5. The highest BCUT2D eigenvalue weighted by Crippen LogP contribution is 2.26. The van der Waals surface area contributed by atoms with Crippen molar-refractivity contribution >= 4 is 0 Å². The first kappa shape index (κ1) is 9.82. The molecule has 0 saturated carbocycles. The van der Waals surface area contributed by atoms with Crippen molar-refractivity contribution in [1.82, 2.24) is 0 Å². The first-order valence-corrected chi connectivity index (χ1v) is 3.49. The summed E-state index contributed by atoms with van der Waals surface area (Å²) < 4.78 is 17.5. The molecule has 0 aromatic heterocycles. The van der Waals surface area contributed by atoms with Crippen LogP contribution in [0.25, 0.3) is 0 Å². The lowest BCUT2D eigenvalue weighted by Crippen LogP contribution is -2.60. The van der Waals surface area contributed by atoms with Gasteiger partial charge >= 0.3 is 0 Å². The van der Waals surface area contributed by atoms with Crippen LogP contribution in [0.4, 0.5) is 4.39 Å². The Morgan fingerprint density at radius 2 is 2.00 bits per heavy atom. The molecule has 12 heavy (non-hydrogen) atoms. The molecule has 0 spiro atoms. The van der Waals surface area contributed by atoms with Gasteiger partial charge in [0.25, 0.3) is 5.85 Å². The van der Waals surface area contributed by atoms with Crippen molar-refractivity contribution in [3.63, 3.8) is 0 Å². The van der Waals surface area contributed by atoms with Gasteiger partial charge in [0.15, 0.2) is 0 Å². The summed E-state index contributed by atoms with van der Waals surface area (Å²) in [4.78, 5) is 0. The molecular weight excluding hydrogens is 171 g/mol. The smallest absolute Gasteiger partial charge is 0.261 e. The Balaban J connectivity index is 2.71. The topological polar surface area (TPSA) is 90.2 Å². The third-order valence-corrected chi connectivity index (χ3v) is 1.87. The zero-order chi connectivity index (χ0) is 9.35. The van der Waals surface area contributed by atoms with E-state index in [-0.39, 0.29) is 0 Å². The lowest BCUT2D eigenvalue weighted by Gasteiger charge is -2.38. The summed E-state index contributed by atoms with van der Waals surface area (Å²) in [5.41, 5.74) is 0. The molecule has 0 bridgehead atoms. The second kappa shape index (κ2) is 3.23. The van der Waals surface area contributed by atoms with Crippen LogP contribution >= 0.6 is 0 Å². The van der Waals surface area contributed by atoms with E-state index >= 15 is 0 Å². The Labute approximate surface area is 68.0 Å². The first-order chi connectivity index (χ1) is 5.51. The fourth-order valence-electron chi connectivity index (χ4n) is 1.01. The molecule has 0 aromatic rings. The SMILES string of the molecule is OC[C@@]1(F)OC[C@@H](O)[C@@H](O)[C@@H]1O. The highest BCUT2D eigenvalue weighted by atomic mass is 19.2. The van der Waals surface area contributed by atoms with E-state index in [2.05, 4.69) is 4.74 Å². The van der Waals surface area contributed by atoms with Crippen molar-refractivity contribution in [2.75, 3.05) is 13.2 Å². The molecule has 1 aliphatic rings. The van der Waals surface area contributed by atoms with E-state index in [4.69, 9.17) is 20.4 Å². The van der Waals surface area contributed by atoms with Gasteiger partial charge in [0.05, 0.1) is 6.61 Å². The minimum Gasteiger partial charge on any atom is -0.390 e. The average molecular weight is 182 g/mol. The summed E-state index contributed by atoms with van der Waals surface area (Å²) in [7, 11) is 0. The van der Waals surface area contributed by atoms with Crippen LogP contribution < -0.4 is 0 Å². The number of rotatable bonds is 1. The third kappa shape index (κ3) is 1.44. The predicted octanol–water partition coefficient (Wildman–Crippen LogP) is -2.24. The van der Waals surface area contributed by atoms with Crippen LogP contribution in [-0.4, -0.2) is 57.8 Å². The van der Waals surface area contributed by atoms with Crippen molar-refractivity contribution in [2.45, 2.75) is 24.2 Å². The summed E-state index contributed by atoms with van der Waals surface area (Å²) in [6.45, 7) is -1.51. The highest BCUT2D eigenvalue weighted by Gasteiger charge is 2.49.